The summed E-state index contributed by atoms with van der Waals surface area (Å²) in [5, 5.41) is 1.07. The molecule has 0 atom stereocenters. The Morgan fingerprint density at radius 3 is 2.93 bits per heavy atom. The third-order valence-electron chi connectivity index (χ3n) is 4.45. The Morgan fingerprint density at radius 2 is 2.11 bits per heavy atom. The lowest BCUT2D eigenvalue weighted by Crippen LogP contribution is -2.10. The number of imidazole rings is 1. The molecule has 0 amide bonds. The fourth-order valence-corrected chi connectivity index (χ4v) is 3.15. The van der Waals surface area contributed by atoms with Crippen molar-refractivity contribution in [3.8, 4) is 11.8 Å². The van der Waals surface area contributed by atoms with Gasteiger partial charge < -0.3 is 15.0 Å². The SMILES string of the molecule is C=CCC#CCOCCn1c(CCCC)nc2c(N)nc3ccccc3c21. The first-order valence-electron chi connectivity index (χ1n) is 9.44. The van der Waals surface area contributed by atoms with Gasteiger partial charge in [0, 0.05) is 24.8 Å². The van der Waals surface area contributed by atoms with E-state index in [9.17, 15) is 0 Å². The van der Waals surface area contributed by atoms with Gasteiger partial charge in [-0.05, 0) is 12.5 Å². The number of rotatable bonds is 8. The molecule has 0 saturated carbocycles. The first kappa shape index (κ1) is 18.9. The molecular formula is C22H26N4O. The number of unbranched alkanes of at least 4 members (excludes halogenated alkanes) is 1. The minimum absolute atomic E-state index is 0.426. The summed E-state index contributed by atoms with van der Waals surface area (Å²) in [6.45, 7) is 7.55. The Balaban J connectivity index is 1.92. The van der Waals surface area contributed by atoms with Gasteiger partial charge in [-0.15, -0.1) is 6.58 Å². The van der Waals surface area contributed by atoms with E-state index in [4.69, 9.17) is 15.5 Å². The van der Waals surface area contributed by atoms with Crippen LogP contribution >= 0.6 is 0 Å². The Kier molecular flexibility index (Phi) is 6.45. The number of anilines is 1. The smallest absolute Gasteiger partial charge is 0.152 e. The van der Waals surface area contributed by atoms with Crippen LogP contribution in [0.15, 0.2) is 36.9 Å². The Hall–Kier alpha value is -2.84. The standard InChI is InChI=1S/C22H26N4O/c1-3-5-7-10-15-27-16-14-26-19(13-6-4-2)25-20-21(26)17-11-8-9-12-18(17)24-22(20)23/h3,8-9,11-12H,1,4-6,13-16H2,2H3,(H2,23,24). The molecule has 0 bridgehead atoms. The minimum Gasteiger partial charge on any atom is -0.382 e. The topological polar surface area (TPSA) is 66.0 Å². The van der Waals surface area contributed by atoms with E-state index in [1.54, 1.807) is 6.08 Å². The van der Waals surface area contributed by atoms with Crippen molar-refractivity contribution >= 4 is 27.8 Å². The summed E-state index contributed by atoms with van der Waals surface area (Å²) in [6, 6.07) is 8.06. The number of pyridine rings is 1. The summed E-state index contributed by atoms with van der Waals surface area (Å²) >= 11 is 0. The minimum atomic E-state index is 0.426. The van der Waals surface area contributed by atoms with Crippen LogP contribution in [0.2, 0.25) is 0 Å². The zero-order valence-corrected chi connectivity index (χ0v) is 15.9. The van der Waals surface area contributed by atoms with Crippen molar-refractivity contribution in [1.29, 1.82) is 0 Å². The molecule has 5 nitrogen and oxygen atoms in total. The van der Waals surface area contributed by atoms with Crippen LogP contribution in [0, 0.1) is 11.8 Å². The van der Waals surface area contributed by atoms with Crippen molar-refractivity contribution in [1.82, 2.24) is 14.5 Å². The van der Waals surface area contributed by atoms with Gasteiger partial charge in [0.25, 0.3) is 0 Å². The lowest BCUT2D eigenvalue weighted by atomic mass is 10.2. The molecule has 0 spiro atoms. The highest BCUT2D eigenvalue weighted by Crippen LogP contribution is 2.29. The van der Waals surface area contributed by atoms with E-state index in [0.717, 1.165) is 47.0 Å². The van der Waals surface area contributed by atoms with Crippen LogP contribution in [-0.4, -0.2) is 27.7 Å². The highest BCUT2D eigenvalue weighted by molar-refractivity contribution is 6.06. The van der Waals surface area contributed by atoms with E-state index in [1.807, 2.05) is 18.2 Å². The van der Waals surface area contributed by atoms with Crippen molar-refractivity contribution in [3.63, 3.8) is 0 Å². The number of aryl methyl sites for hydroxylation is 1. The van der Waals surface area contributed by atoms with Gasteiger partial charge in [-0.2, -0.15) is 0 Å². The molecule has 2 aromatic heterocycles. The summed E-state index contributed by atoms with van der Waals surface area (Å²) in [5.74, 6) is 7.51. The molecule has 0 fully saturated rings. The average molecular weight is 362 g/mol. The maximum Gasteiger partial charge on any atom is 0.152 e. The normalized spacial score (nSPS) is 10.9. The number of nitrogen functional groups attached to an aromatic ring is 1. The number of benzene rings is 1. The zero-order valence-electron chi connectivity index (χ0n) is 15.9. The average Bonchev–Trinajstić information content (AvgIpc) is 3.05. The predicted octanol–water partition coefficient (Wildman–Crippen LogP) is 4.11. The van der Waals surface area contributed by atoms with Crippen LogP contribution in [0.3, 0.4) is 0 Å². The molecule has 0 aliphatic rings. The van der Waals surface area contributed by atoms with Gasteiger partial charge in [0.1, 0.15) is 17.9 Å². The molecule has 2 heterocycles. The van der Waals surface area contributed by atoms with E-state index >= 15 is 0 Å². The Labute approximate surface area is 160 Å². The second-order valence-electron chi connectivity index (χ2n) is 6.39. The van der Waals surface area contributed by atoms with Crippen LogP contribution in [-0.2, 0) is 17.7 Å². The van der Waals surface area contributed by atoms with Crippen molar-refractivity contribution in [2.24, 2.45) is 0 Å². The van der Waals surface area contributed by atoms with Gasteiger partial charge in [0.2, 0.25) is 0 Å². The lowest BCUT2D eigenvalue weighted by molar-refractivity contribution is 0.157. The highest BCUT2D eigenvalue weighted by atomic mass is 16.5. The van der Waals surface area contributed by atoms with Crippen molar-refractivity contribution in [3.05, 3.63) is 42.7 Å². The van der Waals surface area contributed by atoms with E-state index in [-0.39, 0.29) is 0 Å². The Morgan fingerprint density at radius 1 is 1.26 bits per heavy atom. The van der Waals surface area contributed by atoms with Crippen molar-refractivity contribution < 1.29 is 4.74 Å². The number of hydrogen-bond donors (Lipinski definition) is 1. The van der Waals surface area contributed by atoms with Crippen LogP contribution in [0.4, 0.5) is 5.82 Å². The third kappa shape index (κ3) is 4.29. The molecule has 5 heteroatoms. The number of nitrogens with zero attached hydrogens (tertiary/aromatic N) is 3. The van der Waals surface area contributed by atoms with Gasteiger partial charge in [-0.1, -0.05) is 49.5 Å². The second kappa shape index (κ2) is 9.20. The van der Waals surface area contributed by atoms with Gasteiger partial charge in [-0.3, -0.25) is 0 Å². The highest BCUT2D eigenvalue weighted by Gasteiger charge is 2.16. The summed E-state index contributed by atoms with van der Waals surface area (Å²) in [7, 11) is 0. The van der Waals surface area contributed by atoms with E-state index in [1.165, 1.54) is 0 Å². The molecular weight excluding hydrogens is 336 g/mol. The number of allylic oxidation sites excluding steroid dienone is 1. The van der Waals surface area contributed by atoms with Crippen LogP contribution in [0.25, 0.3) is 21.9 Å². The van der Waals surface area contributed by atoms with E-state index < -0.39 is 0 Å². The van der Waals surface area contributed by atoms with Crippen LogP contribution in [0.1, 0.15) is 32.0 Å². The van der Waals surface area contributed by atoms with E-state index in [2.05, 4.69) is 41.0 Å². The number of nitrogens with two attached hydrogens (primary N) is 1. The van der Waals surface area contributed by atoms with Gasteiger partial charge in [-0.25, -0.2) is 9.97 Å². The maximum atomic E-state index is 6.21. The van der Waals surface area contributed by atoms with Gasteiger partial charge in [0.15, 0.2) is 5.82 Å². The zero-order chi connectivity index (χ0) is 19.1. The predicted molar refractivity (Wildman–Crippen MR) is 111 cm³/mol. The number of ether oxygens (including phenoxy) is 1. The van der Waals surface area contributed by atoms with Crippen molar-refractivity contribution in [2.45, 2.75) is 39.2 Å². The largest absolute Gasteiger partial charge is 0.382 e. The molecule has 27 heavy (non-hydrogen) atoms. The summed E-state index contributed by atoms with van der Waals surface area (Å²) in [5.41, 5.74) is 8.93. The summed E-state index contributed by atoms with van der Waals surface area (Å²) in [4.78, 5) is 9.34. The van der Waals surface area contributed by atoms with Crippen LogP contribution in [0.5, 0.6) is 0 Å². The monoisotopic (exact) mass is 362 g/mol. The first-order valence-corrected chi connectivity index (χ1v) is 9.44. The molecule has 140 valence electrons. The van der Waals surface area contributed by atoms with Gasteiger partial charge in [0.05, 0.1) is 17.6 Å². The molecule has 3 rings (SSSR count). The van der Waals surface area contributed by atoms with Crippen molar-refractivity contribution in [2.75, 3.05) is 18.9 Å². The molecule has 0 aliphatic carbocycles. The summed E-state index contributed by atoms with van der Waals surface area (Å²) in [6.07, 6.45) is 5.59. The first-order chi connectivity index (χ1) is 13.3. The van der Waals surface area contributed by atoms with Gasteiger partial charge >= 0.3 is 0 Å². The molecule has 3 aromatic rings. The molecule has 0 saturated heterocycles. The fraction of sp³-hybridized carbons (Fsp3) is 0.364. The summed E-state index contributed by atoms with van der Waals surface area (Å²) < 4.78 is 7.94. The molecule has 2 N–H and O–H groups in total. The number of fused-ring (bicyclic) bond motifs is 3. The molecule has 1 aromatic carbocycles. The fourth-order valence-electron chi connectivity index (χ4n) is 3.15. The number of para-hydroxylation sites is 1. The third-order valence-corrected chi connectivity index (χ3v) is 4.45. The van der Waals surface area contributed by atoms with E-state index in [0.29, 0.717) is 32.0 Å². The quantitative estimate of drug-likeness (QED) is 0.372. The number of hydrogen-bond acceptors (Lipinski definition) is 4. The molecule has 0 radical (unpaired) electrons. The molecule has 0 unspecified atom stereocenters. The lowest BCUT2D eigenvalue weighted by Gasteiger charge is -2.10. The second-order valence-corrected chi connectivity index (χ2v) is 6.39. The van der Waals surface area contributed by atoms with Crippen LogP contribution < -0.4 is 5.73 Å². The Bertz CT molecular complexity index is 994. The number of aromatic nitrogens is 3. The molecule has 0 aliphatic heterocycles. The maximum absolute atomic E-state index is 6.21.